The highest BCUT2D eigenvalue weighted by Gasteiger charge is 2.26. The molecule has 1 aromatic carbocycles. The van der Waals surface area contributed by atoms with Gasteiger partial charge in [0.2, 0.25) is 11.8 Å². The first-order chi connectivity index (χ1) is 15.4. The molecule has 0 aliphatic carbocycles. The van der Waals surface area contributed by atoms with Gasteiger partial charge in [0, 0.05) is 32.6 Å². The molecule has 2 aromatic heterocycles. The minimum absolute atomic E-state index is 0.00518. The van der Waals surface area contributed by atoms with Crippen molar-refractivity contribution in [1.29, 1.82) is 0 Å². The molecular formula is C21H23FN6O3S. The number of carbonyl (C=O) groups is 2. The largest absolute Gasteiger partial charge is 0.359 e. The summed E-state index contributed by atoms with van der Waals surface area (Å²) in [5.41, 5.74) is 0.787. The fourth-order valence-electron chi connectivity index (χ4n) is 3.63. The number of fused-ring (bicyclic) bond motifs is 1. The lowest BCUT2D eigenvalue weighted by Gasteiger charge is -2.30. The molecule has 1 aliphatic heterocycles. The van der Waals surface area contributed by atoms with Gasteiger partial charge in [-0.2, -0.15) is 4.98 Å². The fraction of sp³-hybridized carbons (Fsp3) is 0.381. The van der Waals surface area contributed by atoms with Crippen molar-refractivity contribution in [2.75, 3.05) is 25.0 Å². The number of anilines is 1. The third-order valence-electron chi connectivity index (χ3n) is 5.47. The van der Waals surface area contributed by atoms with Crippen LogP contribution in [0.25, 0.3) is 10.3 Å². The van der Waals surface area contributed by atoms with Crippen LogP contribution < -0.4 is 21.1 Å². The monoisotopic (exact) mass is 458 g/mol. The number of hydrogen-bond acceptors (Lipinski definition) is 7. The second kappa shape index (κ2) is 9.43. The molecule has 1 saturated heterocycles. The first-order valence-corrected chi connectivity index (χ1v) is 11.1. The van der Waals surface area contributed by atoms with Crippen LogP contribution in [0.4, 0.5) is 9.52 Å². The maximum Gasteiger partial charge on any atom is 0.273 e. The molecule has 11 heteroatoms. The van der Waals surface area contributed by atoms with Gasteiger partial charge in [-0.1, -0.05) is 23.5 Å². The van der Waals surface area contributed by atoms with Gasteiger partial charge in [0.05, 0.1) is 0 Å². The number of benzene rings is 1. The van der Waals surface area contributed by atoms with Crippen molar-refractivity contribution in [3.05, 3.63) is 52.3 Å². The van der Waals surface area contributed by atoms with E-state index in [1.54, 1.807) is 19.2 Å². The highest BCUT2D eigenvalue weighted by Crippen LogP contribution is 2.29. The number of nitrogens with zero attached hydrogens (tertiary/aromatic N) is 4. The Balaban J connectivity index is 1.41. The molecule has 2 amide bonds. The zero-order valence-electron chi connectivity index (χ0n) is 17.5. The Hall–Kier alpha value is -3.34. The first-order valence-electron chi connectivity index (χ1n) is 10.3. The number of thiazole rings is 1. The Bertz CT molecular complexity index is 1180. The molecule has 0 saturated carbocycles. The van der Waals surface area contributed by atoms with Crippen molar-refractivity contribution in [1.82, 2.24) is 25.2 Å². The lowest BCUT2D eigenvalue weighted by molar-refractivity contribution is -0.125. The Labute approximate surface area is 187 Å². The average Bonchev–Trinajstić information content (AvgIpc) is 3.25. The van der Waals surface area contributed by atoms with Crippen LogP contribution in [0.1, 0.15) is 18.4 Å². The lowest BCUT2D eigenvalue weighted by atomic mass is 9.96. The molecule has 1 aliphatic rings. The fourth-order valence-corrected chi connectivity index (χ4v) is 4.65. The molecule has 9 nitrogen and oxygen atoms in total. The van der Waals surface area contributed by atoms with Gasteiger partial charge in [-0.15, -0.1) is 0 Å². The normalized spacial score (nSPS) is 14.5. The maximum atomic E-state index is 13.0. The van der Waals surface area contributed by atoms with Gasteiger partial charge in [0.25, 0.3) is 5.56 Å². The predicted octanol–water partition coefficient (Wildman–Crippen LogP) is 1.27. The summed E-state index contributed by atoms with van der Waals surface area (Å²) < 4.78 is 14.6. The second-order valence-corrected chi connectivity index (χ2v) is 8.58. The van der Waals surface area contributed by atoms with Gasteiger partial charge in [-0.3, -0.25) is 19.0 Å². The minimum Gasteiger partial charge on any atom is -0.359 e. The van der Waals surface area contributed by atoms with Crippen LogP contribution in [0.3, 0.4) is 0 Å². The van der Waals surface area contributed by atoms with Gasteiger partial charge in [0.15, 0.2) is 10.8 Å². The minimum atomic E-state index is -0.349. The van der Waals surface area contributed by atoms with Crippen LogP contribution in [-0.4, -0.2) is 46.5 Å². The van der Waals surface area contributed by atoms with E-state index >= 15 is 0 Å². The molecule has 0 unspecified atom stereocenters. The Morgan fingerprint density at radius 1 is 1.22 bits per heavy atom. The van der Waals surface area contributed by atoms with Crippen LogP contribution in [0.2, 0.25) is 0 Å². The SMILES string of the molecule is CNC(=O)C1CCN(c2nc3ncn(CC(=O)NCc4ccc(F)cc4)c(=O)c3s2)CC1. The van der Waals surface area contributed by atoms with E-state index in [0.29, 0.717) is 28.6 Å². The number of piperidine rings is 1. The van der Waals surface area contributed by atoms with Crippen LogP contribution in [0.5, 0.6) is 0 Å². The Morgan fingerprint density at radius 3 is 2.62 bits per heavy atom. The highest BCUT2D eigenvalue weighted by molar-refractivity contribution is 7.22. The molecule has 0 spiro atoms. The lowest BCUT2D eigenvalue weighted by Crippen LogP contribution is -2.39. The molecular weight excluding hydrogens is 435 g/mol. The van der Waals surface area contributed by atoms with E-state index in [-0.39, 0.29) is 42.2 Å². The molecule has 0 radical (unpaired) electrons. The van der Waals surface area contributed by atoms with Crippen molar-refractivity contribution in [2.24, 2.45) is 5.92 Å². The Kier molecular flexibility index (Phi) is 6.45. The summed E-state index contributed by atoms with van der Waals surface area (Å²) in [7, 11) is 1.64. The molecule has 1 fully saturated rings. The topological polar surface area (TPSA) is 109 Å². The molecule has 4 rings (SSSR count). The van der Waals surface area contributed by atoms with Crippen molar-refractivity contribution in [2.45, 2.75) is 25.9 Å². The van der Waals surface area contributed by atoms with Crippen LogP contribution in [0, 0.1) is 11.7 Å². The van der Waals surface area contributed by atoms with E-state index < -0.39 is 0 Å². The number of rotatable bonds is 6. The summed E-state index contributed by atoms with van der Waals surface area (Å²) in [6.45, 7) is 1.42. The zero-order chi connectivity index (χ0) is 22.7. The molecule has 32 heavy (non-hydrogen) atoms. The zero-order valence-corrected chi connectivity index (χ0v) is 18.3. The van der Waals surface area contributed by atoms with Crippen LogP contribution >= 0.6 is 11.3 Å². The molecule has 0 bridgehead atoms. The highest BCUT2D eigenvalue weighted by atomic mass is 32.1. The van der Waals surface area contributed by atoms with Gasteiger partial charge < -0.3 is 15.5 Å². The van der Waals surface area contributed by atoms with Crippen molar-refractivity contribution in [3.8, 4) is 0 Å². The molecule has 3 aromatic rings. The summed E-state index contributed by atoms with van der Waals surface area (Å²) in [5.74, 6) is -0.644. The van der Waals surface area contributed by atoms with Crippen LogP contribution in [0.15, 0.2) is 35.4 Å². The number of carbonyl (C=O) groups excluding carboxylic acids is 2. The number of hydrogen-bond donors (Lipinski definition) is 2. The molecule has 3 heterocycles. The van der Waals surface area contributed by atoms with Gasteiger partial charge >= 0.3 is 0 Å². The molecule has 2 N–H and O–H groups in total. The Morgan fingerprint density at radius 2 is 1.94 bits per heavy atom. The quantitative estimate of drug-likeness (QED) is 0.576. The van der Waals surface area contributed by atoms with Crippen molar-refractivity contribution >= 4 is 38.6 Å². The van der Waals surface area contributed by atoms with Gasteiger partial charge in [-0.05, 0) is 30.5 Å². The van der Waals surface area contributed by atoms with Crippen molar-refractivity contribution in [3.63, 3.8) is 0 Å². The second-order valence-electron chi connectivity index (χ2n) is 7.61. The van der Waals surface area contributed by atoms with E-state index in [2.05, 4.69) is 25.5 Å². The molecule has 168 valence electrons. The smallest absolute Gasteiger partial charge is 0.273 e. The summed E-state index contributed by atoms with van der Waals surface area (Å²) >= 11 is 1.25. The molecule has 0 atom stereocenters. The number of aromatic nitrogens is 3. The standard InChI is InChI=1S/C21H23FN6O3S/c1-23-19(30)14-6-8-27(9-7-14)21-26-18-17(32-21)20(31)28(12-25-18)11-16(29)24-10-13-2-4-15(22)5-3-13/h2-5,12,14H,6-11H2,1H3,(H,23,30)(H,24,29). The van der Waals surface area contributed by atoms with Crippen molar-refractivity contribution < 1.29 is 14.0 Å². The van der Waals surface area contributed by atoms with Crippen LogP contribution in [-0.2, 0) is 22.7 Å². The summed E-state index contributed by atoms with van der Waals surface area (Å²) in [4.78, 5) is 47.7. The first kappa shape index (κ1) is 21.9. The summed E-state index contributed by atoms with van der Waals surface area (Å²) in [6.07, 6.45) is 2.77. The van der Waals surface area contributed by atoms with Gasteiger partial charge in [0.1, 0.15) is 23.4 Å². The maximum absolute atomic E-state index is 13.0. The third-order valence-corrected chi connectivity index (χ3v) is 6.57. The summed E-state index contributed by atoms with van der Waals surface area (Å²) in [6, 6.07) is 5.83. The van der Waals surface area contributed by atoms with E-state index in [1.165, 1.54) is 34.4 Å². The van der Waals surface area contributed by atoms with E-state index in [4.69, 9.17) is 0 Å². The van der Waals surface area contributed by atoms with E-state index in [9.17, 15) is 18.8 Å². The number of halogens is 1. The predicted molar refractivity (Wildman–Crippen MR) is 119 cm³/mol. The average molecular weight is 459 g/mol. The van der Waals surface area contributed by atoms with E-state index in [0.717, 1.165) is 18.4 Å². The number of nitrogens with one attached hydrogen (secondary N) is 2. The van der Waals surface area contributed by atoms with Gasteiger partial charge in [-0.25, -0.2) is 9.37 Å². The third kappa shape index (κ3) is 4.77. The summed E-state index contributed by atoms with van der Waals surface area (Å²) in [5, 5.41) is 6.10. The number of amides is 2. The van der Waals surface area contributed by atoms with E-state index in [1.807, 2.05) is 0 Å².